The van der Waals surface area contributed by atoms with Crippen molar-refractivity contribution in [3.8, 4) is 0 Å². The molecule has 0 aliphatic heterocycles. The maximum atomic E-state index is 10.9. The van der Waals surface area contributed by atoms with Crippen molar-refractivity contribution >= 4 is 21.4 Å². The lowest BCUT2D eigenvalue weighted by atomic mass is 10.2. The molecule has 1 atom stereocenters. The summed E-state index contributed by atoms with van der Waals surface area (Å²) in [5.74, 6) is -0.257. The van der Waals surface area contributed by atoms with Crippen LogP contribution in [0.1, 0.15) is 13.8 Å². The first-order chi connectivity index (χ1) is 7.03. The molecule has 0 bridgehead atoms. The molecule has 1 unspecified atom stereocenters. The highest BCUT2D eigenvalue weighted by Gasteiger charge is 2.31. The van der Waals surface area contributed by atoms with E-state index in [2.05, 4.69) is 8.83 Å². The smallest absolute Gasteiger partial charge is 0.302 e. The maximum absolute atomic E-state index is 10.9. The van der Waals surface area contributed by atoms with E-state index in [1.807, 2.05) is 0 Å². The molecule has 8 nitrogen and oxygen atoms in total. The van der Waals surface area contributed by atoms with Crippen molar-refractivity contribution in [1.82, 2.24) is 0 Å². The molecular formula is C6H12O8P2. The number of carbonyl (C=O) groups excluding carboxylic acids is 1. The summed E-state index contributed by atoms with van der Waals surface area (Å²) in [6.07, 6.45) is 1.19. The number of carbonyl (C=O) groups is 1. The molecule has 0 aromatic carbocycles. The summed E-state index contributed by atoms with van der Waals surface area (Å²) in [6, 6.07) is 0. The van der Waals surface area contributed by atoms with Gasteiger partial charge in [-0.1, -0.05) is 6.08 Å². The minimum Gasteiger partial charge on any atom is -0.302 e. The Morgan fingerprint density at radius 3 is 2.12 bits per heavy atom. The Balaban J connectivity index is 4.31. The van der Waals surface area contributed by atoms with Gasteiger partial charge in [0.1, 0.15) is 0 Å². The second kappa shape index (κ2) is 5.84. The van der Waals surface area contributed by atoms with E-state index in [9.17, 15) is 13.9 Å². The largest absolute Gasteiger partial charge is 0.481 e. The third kappa shape index (κ3) is 7.90. The Labute approximate surface area is 91.7 Å². The molecule has 3 N–H and O–H groups in total. The van der Waals surface area contributed by atoms with E-state index < -0.39 is 22.3 Å². The van der Waals surface area contributed by atoms with E-state index in [-0.39, 0.29) is 11.4 Å². The molecule has 0 aliphatic rings. The average Bonchev–Trinajstić information content (AvgIpc) is 1.98. The van der Waals surface area contributed by atoms with Crippen molar-refractivity contribution in [2.75, 3.05) is 6.61 Å². The van der Waals surface area contributed by atoms with E-state index in [1.54, 1.807) is 0 Å². The molecule has 16 heavy (non-hydrogen) atoms. The van der Waals surface area contributed by atoms with Crippen LogP contribution < -0.4 is 0 Å². The number of ketones is 1. The standard InChI is InChI=1S/C6H12O8P2/c1-5(6(2)7)3-4-13-16(11,12)14-15(8,9)10/h3H,4H2,1-2H3,(H,11,12)(H2,8,9,10)/b5-3+. The van der Waals surface area contributed by atoms with Crippen LogP contribution in [0.3, 0.4) is 0 Å². The normalized spacial score (nSPS) is 16.9. The lowest BCUT2D eigenvalue weighted by molar-refractivity contribution is -0.113. The number of hydrogen-bond acceptors (Lipinski definition) is 5. The van der Waals surface area contributed by atoms with Gasteiger partial charge in [0.05, 0.1) is 6.61 Å². The number of phosphoric ester groups is 1. The first-order valence-corrected chi connectivity index (χ1v) is 6.98. The Bertz CT molecular complexity index is 380. The molecule has 0 aromatic rings. The fraction of sp³-hybridized carbons (Fsp3) is 0.500. The zero-order valence-corrected chi connectivity index (χ0v) is 10.4. The van der Waals surface area contributed by atoms with Gasteiger partial charge in [-0.05, 0) is 19.4 Å². The zero-order valence-electron chi connectivity index (χ0n) is 8.56. The summed E-state index contributed by atoms with van der Waals surface area (Å²) in [5.41, 5.74) is 0.288. The summed E-state index contributed by atoms with van der Waals surface area (Å²) < 4.78 is 28.8. The van der Waals surface area contributed by atoms with Crippen LogP contribution >= 0.6 is 15.6 Å². The van der Waals surface area contributed by atoms with Gasteiger partial charge in [0.15, 0.2) is 5.78 Å². The SMILES string of the molecule is CC(=O)/C(C)=C/COP(=O)(O)OP(=O)(O)O. The van der Waals surface area contributed by atoms with Gasteiger partial charge in [0.2, 0.25) is 0 Å². The van der Waals surface area contributed by atoms with Crippen LogP contribution in [-0.4, -0.2) is 27.1 Å². The topological polar surface area (TPSA) is 130 Å². The van der Waals surface area contributed by atoms with Gasteiger partial charge in [0, 0.05) is 0 Å². The van der Waals surface area contributed by atoms with Crippen molar-refractivity contribution < 1.29 is 37.4 Å². The third-order valence-electron chi connectivity index (χ3n) is 1.39. The third-order valence-corrected chi connectivity index (χ3v) is 3.54. The number of Topliss-reactive ketones (excluding diaryl/α,β-unsaturated/α-hetero) is 1. The molecule has 0 aromatic heterocycles. The summed E-state index contributed by atoms with van der Waals surface area (Å²) in [4.78, 5) is 36.0. The number of phosphoric acid groups is 2. The highest BCUT2D eigenvalue weighted by Crippen LogP contribution is 2.57. The van der Waals surface area contributed by atoms with Gasteiger partial charge < -0.3 is 14.7 Å². The predicted octanol–water partition coefficient (Wildman–Crippen LogP) is 0.748. The fourth-order valence-electron chi connectivity index (χ4n) is 0.558. The quantitative estimate of drug-likeness (QED) is 0.477. The van der Waals surface area contributed by atoms with Crippen LogP contribution in [0.5, 0.6) is 0 Å². The van der Waals surface area contributed by atoms with E-state index in [4.69, 9.17) is 14.7 Å². The van der Waals surface area contributed by atoms with Gasteiger partial charge in [-0.2, -0.15) is 4.31 Å². The van der Waals surface area contributed by atoms with Crippen LogP contribution in [-0.2, 0) is 22.8 Å². The van der Waals surface area contributed by atoms with Crippen LogP contribution in [0, 0.1) is 0 Å². The van der Waals surface area contributed by atoms with Crippen molar-refractivity contribution in [3.63, 3.8) is 0 Å². The lowest BCUT2D eigenvalue weighted by Crippen LogP contribution is -1.97. The molecular weight excluding hydrogens is 262 g/mol. The lowest BCUT2D eigenvalue weighted by Gasteiger charge is -2.10. The Morgan fingerprint density at radius 1 is 1.25 bits per heavy atom. The van der Waals surface area contributed by atoms with Crippen LogP contribution in [0.25, 0.3) is 0 Å². The Kier molecular flexibility index (Phi) is 5.72. The van der Waals surface area contributed by atoms with E-state index >= 15 is 0 Å². The van der Waals surface area contributed by atoms with Crippen molar-refractivity contribution in [1.29, 1.82) is 0 Å². The van der Waals surface area contributed by atoms with Gasteiger partial charge in [-0.3, -0.25) is 9.32 Å². The van der Waals surface area contributed by atoms with Gasteiger partial charge >= 0.3 is 15.6 Å². The maximum Gasteiger partial charge on any atom is 0.481 e. The monoisotopic (exact) mass is 274 g/mol. The van der Waals surface area contributed by atoms with Gasteiger partial charge in [-0.25, -0.2) is 9.13 Å². The van der Waals surface area contributed by atoms with Crippen LogP contribution in [0.4, 0.5) is 0 Å². The second-order valence-electron chi connectivity index (χ2n) is 2.78. The molecule has 0 aliphatic carbocycles. The minimum atomic E-state index is -5.10. The van der Waals surface area contributed by atoms with E-state index in [1.165, 1.54) is 19.9 Å². The molecule has 0 fully saturated rings. The Hall–Kier alpha value is -0.330. The second-order valence-corrected chi connectivity index (χ2v) is 5.61. The van der Waals surface area contributed by atoms with Crippen molar-refractivity contribution in [2.24, 2.45) is 0 Å². The number of rotatable bonds is 6. The molecule has 94 valence electrons. The molecule has 0 rings (SSSR count). The van der Waals surface area contributed by atoms with Crippen LogP contribution in [0.15, 0.2) is 11.6 Å². The number of hydrogen-bond donors (Lipinski definition) is 3. The first-order valence-electron chi connectivity index (χ1n) is 3.95. The molecule has 0 radical (unpaired) electrons. The van der Waals surface area contributed by atoms with Crippen LogP contribution in [0.2, 0.25) is 0 Å². The molecule has 0 amide bonds. The van der Waals surface area contributed by atoms with Gasteiger partial charge in [-0.15, -0.1) is 0 Å². The Morgan fingerprint density at radius 2 is 1.75 bits per heavy atom. The minimum absolute atomic E-state index is 0.257. The molecule has 0 heterocycles. The average molecular weight is 274 g/mol. The molecule has 0 spiro atoms. The van der Waals surface area contributed by atoms with Crippen molar-refractivity contribution in [3.05, 3.63) is 11.6 Å². The number of allylic oxidation sites excluding steroid dienone is 1. The van der Waals surface area contributed by atoms with E-state index in [0.29, 0.717) is 0 Å². The fourth-order valence-corrected chi connectivity index (χ4v) is 2.08. The summed E-state index contributed by atoms with van der Waals surface area (Å²) in [6.45, 7) is 2.27. The first kappa shape index (κ1) is 15.7. The highest BCUT2D eigenvalue weighted by atomic mass is 31.3. The zero-order chi connectivity index (χ0) is 13.0. The predicted molar refractivity (Wildman–Crippen MR) is 53.3 cm³/mol. The van der Waals surface area contributed by atoms with E-state index in [0.717, 1.165) is 0 Å². The highest BCUT2D eigenvalue weighted by molar-refractivity contribution is 7.60. The van der Waals surface area contributed by atoms with Crippen molar-refractivity contribution in [2.45, 2.75) is 13.8 Å². The van der Waals surface area contributed by atoms with Gasteiger partial charge in [0.25, 0.3) is 0 Å². The molecule has 10 heteroatoms. The summed E-state index contributed by atoms with van der Waals surface area (Å²) in [5, 5.41) is 0. The molecule has 0 saturated carbocycles. The summed E-state index contributed by atoms with van der Waals surface area (Å²) in [7, 11) is -9.92. The summed E-state index contributed by atoms with van der Waals surface area (Å²) >= 11 is 0. The molecule has 0 saturated heterocycles.